The molecular formula is C51H37NS. The van der Waals surface area contributed by atoms with Gasteiger partial charge in [0.1, 0.15) is 0 Å². The van der Waals surface area contributed by atoms with Crippen LogP contribution in [0, 0.1) is 0 Å². The zero-order valence-corrected chi connectivity index (χ0v) is 30.6. The van der Waals surface area contributed by atoms with Crippen LogP contribution in [-0.4, -0.2) is 0 Å². The van der Waals surface area contributed by atoms with Crippen molar-refractivity contribution in [3.05, 3.63) is 199 Å². The summed E-state index contributed by atoms with van der Waals surface area (Å²) in [5.41, 5.74) is 16.1. The normalized spacial score (nSPS) is 12.9. The average molecular weight is 696 g/mol. The van der Waals surface area contributed by atoms with Gasteiger partial charge in [0.15, 0.2) is 0 Å². The molecule has 0 N–H and O–H groups in total. The van der Waals surface area contributed by atoms with Crippen molar-refractivity contribution in [3.63, 3.8) is 0 Å². The Kier molecular flexibility index (Phi) is 7.42. The van der Waals surface area contributed by atoms with E-state index in [1.165, 1.54) is 75.8 Å². The third-order valence-corrected chi connectivity index (χ3v) is 12.3. The molecule has 1 heterocycles. The molecule has 53 heavy (non-hydrogen) atoms. The molecule has 10 rings (SSSR count). The van der Waals surface area contributed by atoms with Crippen LogP contribution in [0.2, 0.25) is 0 Å². The lowest BCUT2D eigenvalue weighted by molar-refractivity contribution is 0.660. The summed E-state index contributed by atoms with van der Waals surface area (Å²) in [4.78, 5) is 2.40. The zero-order chi connectivity index (χ0) is 35.5. The average Bonchev–Trinajstić information content (AvgIpc) is 3.70. The summed E-state index contributed by atoms with van der Waals surface area (Å²) < 4.78 is 2.66. The summed E-state index contributed by atoms with van der Waals surface area (Å²) in [6.07, 6.45) is 0. The predicted molar refractivity (Wildman–Crippen MR) is 228 cm³/mol. The highest BCUT2D eigenvalue weighted by Crippen LogP contribution is 2.51. The molecule has 1 aliphatic rings. The lowest BCUT2D eigenvalue weighted by Gasteiger charge is -2.28. The van der Waals surface area contributed by atoms with Crippen molar-refractivity contribution in [3.8, 4) is 44.5 Å². The van der Waals surface area contributed by atoms with Gasteiger partial charge in [-0.3, -0.25) is 0 Å². The van der Waals surface area contributed by atoms with Crippen molar-refractivity contribution in [2.75, 3.05) is 4.90 Å². The van der Waals surface area contributed by atoms with Gasteiger partial charge in [0.05, 0.1) is 5.69 Å². The fraction of sp³-hybridized carbons (Fsp3) is 0.0588. The third kappa shape index (κ3) is 5.21. The fourth-order valence-electron chi connectivity index (χ4n) is 8.47. The summed E-state index contributed by atoms with van der Waals surface area (Å²) in [6, 6.07) is 69.1. The third-order valence-electron chi connectivity index (χ3n) is 11.1. The number of hydrogen-bond acceptors (Lipinski definition) is 2. The van der Waals surface area contributed by atoms with Gasteiger partial charge >= 0.3 is 0 Å². The Morgan fingerprint density at radius 3 is 1.79 bits per heavy atom. The van der Waals surface area contributed by atoms with E-state index in [0.29, 0.717) is 0 Å². The SMILES string of the molecule is CC1(C)c2ccccc2-c2cc(-c3ccccc3-c3ccccc3N(c3ccccc3)c3ccc(-c4ccc5sc6ccccc6c5c4)cc3)ccc21. The van der Waals surface area contributed by atoms with Gasteiger partial charge < -0.3 is 4.90 Å². The minimum atomic E-state index is -0.0205. The van der Waals surface area contributed by atoms with Crippen LogP contribution in [0.15, 0.2) is 188 Å². The van der Waals surface area contributed by atoms with E-state index >= 15 is 0 Å². The molecule has 0 saturated heterocycles. The molecule has 0 aliphatic heterocycles. The number of hydrogen-bond donors (Lipinski definition) is 0. The van der Waals surface area contributed by atoms with Gasteiger partial charge in [0.25, 0.3) is 0 Å². The number of benzene rings is 8. The largest absolute Gasteiger partial charge is 0.310 e. The molecule has 252 valence electrons. The summed E-state index contributed by atoms with van der Waals surface area (Å²) in [6.45, 7) is 4.69. The molecule has 1 aliphatic carbocycles. The van der Waals surface area contributed by atoms with E-state index in [4.69, 9.17) is 0 Å². The highest BCUT2D eigenvalue weighted by atomic mass is 32.1. The van der Waals surface area contributed by atoms with Crippen LogP contribution in [0.4, 0.5) is 17.1 Å². The number of fused-ring (bicyclic) bond motifs is 6. The Bertz CT molecular complexity index is 2810. The first-order chi connectivity index (χ1) is 26.0. The minimum absolute atomic E-state index is 0.0205. The second-order valence-electron chi connectivity index (χ2n) is 14.5. The maximum Gasteiger partial charge on any atom is 0.0540 e. The number of anilines is 3. The highest BCUT2D eigenvalue weighted by molar-refractivity contribution is 7.25. The second-order valence-corrected chi connectivity index (χ2v) is 15.6. The van der Waals surface area contributed by atoms with Gasteiger partial charge in [0, 0.05) is 42.5 Å². The van der Waals surface area contributed by atoms with Crippen molar-refractivity contribution >= 4 is 48.6 Å². The lowest BCUT2D eigenvalue weighted by Crippen LogP contribution is -2.14. The number of para-hydroxylation sites is 2. The van der Waals surface area contributed by atoms with Gasteiger partial charge in [-0.25, -0.2) is 0 Å². The van der Waals surface area contributed by atoms with Gasteiger partial charge in [-0.2, -0.15) is 0 Å². The van der Waals surface area contributed by atoms with Crippen LogP contribution in [0.3, 0.4) is 0 Å². The second kappa shape index (κ2) is 12.5. The van der Waals surface area contributed by atoms with E-state index < -0.39 is 0 Å². The quantitative estimate of drug-likeness (QED) is 0.167. The molecule has 0 bridgehead atoms. The molecule has 0 atom stereocenters. The zero-order valence-electron chi connectivity index (χ0n) is 29.8. The van der Waals surface area contributed by atoms with Gasteiger partial charge in [-0.05, 0) is 105 Å². The van der Waals surface area contributed by atoms with Crippen LogP contribution < -0.4 is 4.90 Å². The van der Waals surface area contributed by atoms with Crippen LogP contribution in [0.1, 0.15) is 25.0 Å². The van der Waals surface area contributed by atoms with E-state index in [2.05, 4.69) is 207 Å². The van der Waals surface area contributed by atoms with Crippen molar-refractivity contribution in [2.24, 2.45) is 0 Å². The topological polar surface area (TPSA) is 3.24 Å². The molecule has 0 amide bonds. The number of nitrogens with zero attached hydrogens (tertiary/aromatic N) is 1. The van der Waals surface area contributed by atoms with Crippen LogP contribution in [-0.2, 0) is 5.41 Å². The van der Waals surface area contributed by atoms with E-state index in [9.17, 15) is 0 Å². The van der Waals surface area contributed by atoms with Gasteiger partial charge in [-0.1, -0.05) is 147 Å². The molecule has 0 radical (unpaired) electrons. The van der Waals surface area contributed by atoms with Crippen LogP contribution in [0.25, 0.3) is 64.7 Å². The van der Waals surface area contributed by atoms with Crippen molar-refractivity contribution in [1.29, 1.82) is 0 Å². The molecule has 8 aromatic carbocycles. The first kappa shape index (κ1) is 31.5. The standard InChI is InChI=1S/C51H37NS/c1-51(2)46-21-11-8-18-41(46)44-33-36(26-30-47(44)51)39-16-6-7-17-40(39)42-19-9-12-22-48(42)52(37-14-4-3-5-15-37)38-28-24-34(25-29-38)35-27-31-50-45(32-35)43-20-10-13-23-49(43)53-50/h3-33H,1-2H3. The summed E-state index contributed by atoms with van der Waals surface area (Å²) in [5.74, 6) is 0. The van der Waals surface area contributed by atoms with E-state index in [0.717, 1.165) is 17.1 Å². The smallest absolute Gasteiger partial charge is 0.0540 e. The molecule has 0 fully saturated rings. The molecule has 9 aromatic rings. The maximum absolute atomic E-state index is 2.41. The molecule has 1 aromatic heterocycles. The van der Waals surface area contributed by atoms with Gasteiger partial charge in [-0.15, -0.1) is 11.3 Å². The summed E-state index contributed by atoms with van der Waals surface area (Å²) in [7, 11) is 0. The number of thiophene rings is 1. The fourth-order valence-corrected chi connectivity index (χ4v) is 9.55. The molecule has 1 nitrogen and oxygen atoms in total. The summed E-state index contributed by atoms with van der Waals surface area (Å²) in [5, 5.41) is 2.65. The Morgan fingerprint density at radius 1 is 0.377 bits per heavy atom. The predicted octanol–water partition coefficient (Wildman–Crippen LogP) is 14.8. The summed E-state index contributed by atoms with van der Waals surface area (Å²) >= 11 is 1.86. The molecule has 2 heteroatoms. The van der Waals surface area contributed by atoms with Crippen molar-refractivity contribution < 1.29 is 0 Å². The lowest BCUT2D eigenvalue weighted by atomic mass is 9.82. The molecule has 0 unspecified atom stereocenters. The van der Waals surface area contributed by atoms with Crippen molar-refractivity contribution in [2.45, 2.75) is 19.3 Å². The Labute approximate surface area is 315 Å². The van der Waals surface area contributed by atoms with Gasteiger partial charge in [0.2, 0.25) is 0 Å². The Morgan fingerprint density at radius 2 is 0.962 bits per heavy atom. The molecule has 0 spiro atoms. The first-order valence-electron chi connectivity index (χ1n) is 18.3. The van der Waals surface area contributed by atoms with E-state index in [-0.39, 0.29) is 5.41 Å². The monoisotopic (exact) mass is 695 g/mol. The van der Waals surface area contributed by atoms with E-state index in [1.807, 2.05) is 11.3 Å². The van der Waals surface area contributed by atoms with Crippen molar-refractivity contribution in [1.82, 2.24) is 0 Å². The van der Waals surface area contributed by atoms with Crippen LogP contribution in [0.5, 0.6) is 0 Å². The maximum atomic E-state index is 2.41. The Hall–Kier alpha value is -6.22. The van der Waals surface area contributed by atoms with E-state index in [1.54, 1.807) is 0 Å². The molecule has 0 saturated carbocycles. The highest BCUT2D eigenvalue weighted by Gasteiger charge is 2.35. The molecular weight excluding hydrogens is 659 g/mol. The first-order valence-corrected chi connectivity index (χ1v) is 19.2. The number of rotatable bonds is 6. The minimum Gasteiger partial charge on any atom is -0.310 e. The van der Waals surface area contributed by atoms with Crippen LogP contribution >= 0.6 is 11.3 Å². The Balaban J connectivity index is 1.08.